The molecule has 1 saturated heterocycles. The van der Waals surface area contributed by atoms with Gasteiger partial charge in [0, 0.05) is 49.6 Å². The molecule has 0 bridgehead atoms. The number of morpholine rings is 1. The van der Waals surface area contributed by atoms with Crippen molar-refractivity contribution >= 4 is 17.3 Å². The maximum Gasteiger partial charge on any atom is 0.191 e. The Balaban J connectivity index is 1.86. The minimum atomic E-state index is 0.0907. The number of rotatable bonds is 7. The number of nitrogens with one attached hydrogen (secondary N) is 2. The van der Waals surface area contributed by atoms with Crippen molar-refractivity contribution in [1.29, 1.82) is 0 Å². The van der Waals surface area contributed by atoms with Gasteiger partial charge in [0.15, 0.2) is 5.96 Å². The van der Waals surface area contributed by atoms with Gasteiger partial charge in [-0.15, -0.1) is 11.3 Å². The van der Waals surface area contributed by atoms with Crippen LogP contribution in [0.25, 0.3) is 0 Å². The Labute approximate surface area is 156 Å². The van der Waals surface area contributed by atoms with E-state index in [1.807, 2.05) is 18.4 Å². The Morgan fingerprint density at radius 2 is 2.04 bits per heavy atom. The molecule has 1 atom stereocenters. The third-order valence-electron chi connectivity index (χ3n) is 4.87. The van der Waals surface area contributed by atoms with E-state index in [2.05, 4.69) is 65.7 Å². The van der Waals surface area contributed by atoms with Gasteiger partial charge in [0.2, 0.25) is 0 Å². The SMILES string of the molecule is CN=C(NCC(C(C)C)N1CCOCC1)NCC(C)(C)c1cccs1. The first-order chi connectivity index (χ1) is 11.9. The number of guanidine groups is 1. The van der Waals surface area contributed by atoms with Crippen molar-refractivity contribution in [2.24, 2.45) is 10.9 Å². The molecule has 0 aromatic carbocycles. The van der Waals surface area contributed by atoms with Gasteiger partial charge in [0.25, 0.3) is 0 Å². The van der Waals surface area contributed by atoms with Crippen LogP contribution in [0, 0.1) is 5.92 Å². The number of hydrogen-bond acceptors (Lipinski definition) is 4. The van der Waals surface area contributed by atoms with E-state index < -0.39 is 0 Å². The third kappa shape index (κ3) is 5.97. The molecule has 0 spiro atoms. The normalized spacial score (nSPS) is 18.4. The minimum Gasteiger partial charge on any atom is -0.379 e. The summed E-state index contributed by atoms with van der Waals surface area (Å²) in [4.78, 5) is 8.33. The molecular weight excluding hydrogens is 332 g/mol. The second-order valence-corrected chi connectivity index (χ2v) is 8.58. The van der Waals surface area contributed by atoms with Gasteiger partial charge in [-0.2, -0.15) is 0 Å². The van der Waals surface area contributed by atoms with Crippen LogP contribution in [0.3, 0.4) is 0 Å². The van der Waals surface area contributed by atoms with E-state index in [1.54, 1.807) is 0 Å². The molecule has 142 valence electrons. The molecule has 2 rings (SSSR count). The van der Waals surface area contributed by atoms with Gasteiger partial charge in [-0.3, -0.25) is 9.89 Å². The van der Waals surface area contributed by atoms with Gasteiger partial charge in [0.1, 0.15) is 0 Å². The topological polar surface area (TPSA) is 48.9 Å². The smallest absolute Gasteiger partial charge is 0.191 e. The summed E-state index contributed by atoms with van der Waals surface area (Å²) in [6.07, 6.45) is 0. The van der Waals surface area contributed by atoms with Crippen LogP contribution in [0.2, 0.25) is 0 Å². The van der Waals surface area contributed by atoms with E-state index in [4.69, 9.17) is 4.74 Å². The third-order valence-corrected chi connectivity index (χ3v) is 6.11. The molecule has 1 aromatic heterocycles. The number of ether oxygens (including phenoxy) is 1. The number of aliphatic imine (C=N–C) groups is 1. The van der Waals surface area contributed by atoms with Gasteiger partial charge in [-0.1, -0.05) is 33.8 Å². The molecule has 1 unspecified atom stereocenters. The number of thiophene rings is 1. The lowest BCUT2D eigenvalue weighted by molar-refractivity contribution is 0.00752. The molecule has 2 N–H and O–H groups in total. The molecule has 1 fully saturated rings. The molecule has 0 amide bonds. The first-order valence-electron chi connectivity index (χ1n) is 9.24. The summed E-state index contributed by atoms with van der Waals surface area (Å²) >= 11 is 1.81. The monoisotopic (exact) mass is 366 g/mol. The number of hydrogen-bond donors (Lipinski definition) is 2. The maximum absolute atomic E-state index is 5.49. The summed E-state index contributed by atoms with van der Waals surface area (Å²) in [7, 11) is 1.84. The van der Waals surface area contributed by atoms with E-state index >= 15 is 0 Å². The van der Waals surface area contributed by atoms with Crippen LogP contribution in [-0.4, -0.2) is 63.3 Å². The predicted molar refractivity (Wildman–Crippen MR) is 108 cm³/mol. The van der Waals surface area contributed by atoms with Crippen molar-refractivity contribution in [3.8, 4) is 0 Å². The molecule has 5 nitrogen and oxygen atoms in total. The van der Waals surface area contributed by atoms with E-state index in [-0.39, 0.29) is 5.41 Å². The highest BCUT2D eigenvalue weighted by Gasteiger charge is 2.25. The summed E-state index contributed by atoms with van der Waals surface area (Å²) in [5, 5.41) is 9.16. The molecule has 0 radical (unpaired) electrons. The molecule has 0 aliphatic carbocycles. The highest BCUT2D eigenvalue weighted by molar-refractivity contribution is 7.10. The van der Waals surface area contributed by atoms with Crippen LogP contribution in [0.1, 0.15) is 32.6 Å². The van der Waals surface area contributed by atoms with E-state index in [0.717, 1.165) is 45.4 Å². The lowest BCUT2D eigenvalue weighted by Gasteiger charge is -2.37. The minimum absolute atomic E-state index is 0.0907. The van der Waals surface area contributed by atoms with Gasteiger partial charge in [-0.05, 0) is 17.4 Å². The molecule has 6 heteroatoms. The van der Waals surface area contributed by atoms with E-state index in [0.29, 0.717) is 12.0 Å². The molecule has 1 aliphatic heterocycles. The Kier molecular flexibility index (Phi) is 7.72. The summed E-state index contributed by atoms with van der Waals surface area (Å²) in [6.45, 7) is 14.6. The van der Waals surface area contributed by atoms with Crippen molar-refractivity contribution in [2.75, 3.05) is 46.4 Å². The summed E-state index contributed by atoms with van der Waals surface area (Å²) in [5.74, 6) is 1.47. The first kappa shape index (κ1) is 20.2. The van der Waals surface area contributed by atoms with Crippen molar-refractivity contribution in [2.45, 2.75) is 39.2 Å². The highest BCUT2D eigenvalue weighted by atomic mass is 32.1. The Morgan fingerprint density at radius 3 is 2.60 bits per heavy atom. The number of nitrogens with zero attached hydrogens (tertiary/aromatic N) is 2. The van der Waals surface area contributed by atoms with Gasteiger partial charge in [0.05, 0.1) is 13.2 Å². The first-order valence-corrected chi connectivity index (χ1v) is 10.1. The van der Waals surface area contributed by atoms with Crippen LogP contribution >= 0.6 is 11.3 Å². The van der Waals surface area contributed by atoms with Crippen LogP contribution in [-0.2, 0) is 10.2 Å². The fourth-order valence-corrected chi connectivity index (χ4v) is 4.02. The Bertz CT molecular complexity index is 522. The Morgan fingerprint density at radius 1 is 1.32 bits per heavy atom. The van der Waals surface area contributed by atoms with E-state index in [9.17, 15) is 0 Å². The second-order valence-electron chi connectivity index (χ2n) is 7.63. The average Bonchev–Trinajstić information content (AvgIpc) is 3.14. The van der Waals surface area contributed by atoms with Crippen LogP contribution in [0.4, 0.5) is 0 Å². The van der Waals surface area contributed by atoms with Crippen LogP contribution < -0.4 is 10.6 Å². The summed E-state index contributed by atoms with van der Waals surface area (Å²) in [6, 6.07) is 4.81. The maximum atomic E-state index is 5.49. The molecule has 0 saturated carbocycles. The van der Waals surface area contributed by atoms with Crippen molar-refractivity contribution < 1.29 is 4.74 Å². The summed E-state index contributed by atoms with van der Waals surface area (Å²) in [5.41, 5.74) is 0.0907. The molecule has 2 heterocycles. The largest absolute Gasteiger partial charge is 0.379 e. The zero-order valence-corrected chi connectivity index (χ0v) is 17.2. The second kappa shape index (κ2) is 9.55. The van der Waals surface area contributed by atoms with Gasteiger partial charge < -0.3 is 15.4 Å². The quantitative estimate of drug-likeness (QED) is 0.575. The summed E-state index contributed by atoms with van der Waals surface area (Å²) < 4.78 is 5.49. The fourth-order valence-electron chi connectivity index (χ4n) is 3.17. The molecule has 25 heavy (non-hydrogen) atoms. The lowest BCUT2D eigenvalue weighted by atomic mass is 9.91. The predicted octanol–water partition coefficient (Wildman–Crippen LogP) is 2.55. The Hall–Kier alpha value is -1.11. The van der Waals surface area contributed by atoms with Gasteiger partial charge in [-0.25, -0.2) is 0 Å². The van der Waals surface area contributed by atoms with Crippen LogP contribution in [0.15, 0.2) is 22.5 Å². The average molecular weight is 367 g/mol. The fraction of sp³-hybridized carbons (Fsp3) is 0.737. The zero-order valence-electron chi connectivity index (χ0n) is 16.3. The standard InChI is InChI=1S/C19H34N4OS/c1-15(2)16(23-8-10-24-11-9-23)13-21-18(20-5)22-14-19(3,4)17-7-6-12-25-17/h6-7,12,15-16H,8-11,13-14H2,1-5H3,(H2,20,21,22). The molecular formula is C19H34N4OS. The lowest BCUT2D eigenvalue weighted by Crippen LogP contribution is -2.53. The van der Waals surface area contributed by atoms with Gasteiger partial charge >= 0.3 is 0 Å². The van der Waals surface area contributed by atoms with E-state index in [1.165, 1.54) is 4.88 Å². The molecule has 1 aromatic rings. The highest BCUT2D eigenvalue weighted by Crippen LogP contribution is 2.26. The zero-order chi connectivity index (χ0) is 18.3. The van der Waals surface area contributed by atoms with Crippen molar-refractivity contribution in [3.05, 3.63) is 22.4 Å². The molecule has 1 aliphatic rings. The van der Waals surface area contributed by atoms with Crippen molar-refractivity contribution in [3.63, 3.8) is 0 Å². The van der Waals surface area contributed by atoms with Crippen molar-refractivity contribution in [1.82, 2.24) is 15.5 Å². The van der Waals surface area contributed by atoms with Crippen LogP contribution in [0.5, 0.6) is 0 Å².